The molecule has 4 nitrogen and oxygen atoms in total. The smallest absolute Gasteiger partial charge is 0.208 e. The Morgan fingerprint density at radius 2 is 2.05 bits per heavy atom. The first-order valence-electron chi connectivity index (χ1n) is 6.53. The normalized spacial score (nSPS) is 12.4. The van der Waals surface area contributed by atoms with Gasteiger partial charge in [0.15, 0.2) is 0 Å². The molecule has 0 amide bonds. The Kier molecular flexibility index (Phi) is 4.58. The van der Waals surface area contributed by atoms with Crippen molar-refractivity contribution in [2.45, 2.75) is 32.9 Å². The predicted octanol–water partition coefficient (Wildman–Crippen LogP) is 3.10. The molecule has 2 rings (SSSR count). The molecule has 4 heteroatoms. The van der Waals surface area contributed by atoms with Gasteiger partial charge in [0, 0.05) is 12.5 Å². The second-order valence-corrected chi connectivity index (χ2v) is 4.45. The Morgan fingerprint density at radius 3 is 2.63 bits per heavy atom. The average Bonchev–Trinajstić information content (AvgIpc) is 2.93. The molecule has 2 aromatic rings. The van der Waals surface area contributed by atoms with Crippen LogP contribution in [0.4, 0.5) is 0 Å². The first-order valence-corrected chi connectivity index (χ1v) is 6.53. The fourth-order valence-electron chi connectivity index (χ4n) is 1.84. The van der Waals surface area contributed by atoms with E-state index in [4.69, 9.17) is 9.15 Å². The Labute approximate surface area is 113 Å². The van der Waals surface area contributed by atoms with Crippen molar-refractivity contribution < 1.29 is 9.15 Å². The molecule has 0 radical (unpaired) electrons. The maximum atomic E-state index is 5.56. The quantitative estimate of drug-likeness (QED) is 0.867. The lowest BCUT2D eigenvalue weighted by molar-refractivity contribution is 0.413. The standard InChI is InChI=1S/C15H20N2O2/c1-4-13-9-17-15(19-13)10-16-11(2)12-5-7-14(18-3)8-6-12/h5-9,11,16H,4,10H2,1-3H3. The molecule has 1 atom stereocenters. The summed E-state index contributed by atoms with van der Waals surface area (Å²) in [6, 6.07) is 8.29. The molecule has 1 heterocycles. The minimum atomic E-state index is 0.239. The van der Waals surface area contributed by atoms with Crippen molar-refractivity contribution in [2.24, 2.45) is 0 Å². The van der Waals surface area contributed by atoms with Gasteiger partial charge >= 0.3 is 0 Å². The third-order valence-corrected chi connectivity index (χ3v) is 3.13. The van der Waals surface area contributed by atoms with E-state index in [0.29, 0.717) is 6.54 Å². The molecule has 0 fully saturated rings. The molecule has 19 heavy (non-hydrogen) atoms. The molecule has 1 aromatic heterocycles. The Bertz CT molecular complexity index is 505. The SMILES string of the molecule is CCc1cnc(CNC(C)c2ccc(OC)cc2)o1. The first-order chi connectivity index (χ1) is 9.22. The lowest BCUT2D eigenvalue weighted by Crippen LogP contribution is -2.18. The summed E-state index contributed by atoms with van der Waals surface area (Å²) in [6.07, 6.45) is 2.66. The molecule has 1 aromatic carbocycles. The lowest BCUT2D eigenvalue weighted by Gasteiger charge is -2.13. The molecule has 0 saturated carbocycles. The van der Waals surface area contributed by atoms with Crippen molar-refractivity contribution in [1.82, 2.24) is 10.3 Å². The van der Waals surface area contributed by atoms with Crippen LogP contribution in [0.5, 0.6) is 5.75 Å². The van der Waals surface area contributed by atoms with Crippen molar-refractivity contribution in [2.75, 3.05) is 7.11 Å². The van der Waals surface area contributed by atoms with Crippen LogP contribution in [-0.2, 0) is 13.0 Å². The van der Waals surface area contributed by atoms with E-state index >= 15 is 0 Å². The van der Waals surface area contributed by atoms with E-state index in [2.05, 4.69) is 36.3 Å². The van der Waals surface area contributed by atoms with E-state index in [-0.39, 0.29) is 6.04 Å². The van der Waals surface area contributed by atoms with Gasteiger partial charge in [0.05, 0.1) is 19.9 Å². The maximum absolute atomic E-state index is 5.56. The van der Waals surface area contributed by atoms with Gasteiger partial charge in [-0.05, 0) is 24.6 Å². The molecule has 102 valence electrons. The van der Waals surface area contributed by atoms with E-state index in [1.807, 2.05) is 12.1 Å². The monoisotopic (exact) mass is 260 g/mol. The minimum absolute atomic E-state index is 0.239. The van der Waals surface area contributed by atoms with Crippen LogP contribution >= 0.6 is 0 Å². The summed E-state index contributed by atoms with van der Waals surface area (Å²) in [5, 5.41) is 3.39. The van der Waals surface area contributed by atoms with Crippen molar-refractivity contribution in [3.05, 3.63) is 47.7 Å². The Morgan fingerprint density at radius 1 is 1.32 bits per heavy atom. The van der Waals surface area contributed by atoms with Crippen molar-refractivity contribution in [3.63, 3.8) is 0 Å². The number of aryl methyl sites for hydroxylation is 1. The maximum Gasteiger partial charge on any atom is 0.208 e. The highest BCUT2D eigenvalue weighted by molar-refractivity contribution is 5.28. The van der Waals surface area contributed by atoms with Crippen LogP contribution in [0, 0.1) is 0 Å². The molecule has 1 unspecified atom stereocenters. The molecule has 0 spiro atoms. The second-order valence-electron chi connectivity index (χ2n) is 4.45. The van der Waals surface area contributed by atoms with Crippen LogP contribution in [0.1, 0.15) is 37.1 Å². The van der Waals surface area contributed by atoms with Crippen molar-refractivity contribution in [1.29, 1.82) is 0 Å². The summed E-state index contributed by atoms with van der Waals surface area (Å²) >= 11 is 0. The summed E-state index contributed by atoms with van der Waals surface area (Å²) in [4.78, 5) is 4.23. The molecule has 0 aliphatic carbocycles. The number of oxazole rings is 1. The fraction of sp³-hybridized carbons (Fsp3) is 0.400. The average molecular weight is 260 g/mol. The van der Waals surface area contributed by atoms with Gasteiger partial charge in [0.2, 0.25) is 5.89 Å². The van der Waals surface area contributed by atoms with Gasteiger partial charge in [-0.15, -0.1) is 0 Å². The summed E-state index contributed by atoms with van der Waals surface area (Å²) in [5.41, 5.74) is 1.21. The number of hydrogen-bond acceptors (Lipinski definition) is 4. The van der Waals surface area contributed by atoms with Gasteiger partial charge in [-0.2, -0.15) is 0 Å². The number of aromatic nitrogens is 1. The molecule has 0 bridgehead atoms. The number of rotatable bonds is 6. The van der Waals surface area contributed by atoms with Crippen LogP contribution < -0.4 is 10.1 Å². The van der Waals surface area contributed by atoms with Crippen LogP contribution in [0.25, 0.3) is 0 Å². The van der Waals surface area contributed by atoms with Gasteiger partial charge < -0.3 is 14.5 Å². The van der Waals surface area contributed by atoms with Gasteiger partial charge in [-0.1, -0.05) is 19.1 Å². The zero-order chi connectivity index (χ0) is 13.7. The van der Waals surface area contributed by atoms with Gasteiger partial charge in [-0.3, -0.25) is 0 Å². The summed E-state index contributed by atoms with van der Waals surface area (Å²) in [6.45, 7) is 4.80. The highest BCUT2D eigenvalue weighted by Gasteiger charge is 2.07. The number of nitrogens with zero attached hydrogens (tertiary/aromatic N) is 1. The van der Waals surface area contributed by atoms with Gasteiger partial charge in [-0.25, -0.2) is 4.98 Å². The molecule has 0 saturated heterocycles. The van der Waals surface area contributed by atoms with Crippen LogP contribution in [0.3, 0.4) is 0 Å². The fourth-order valence-corrected chi connectivity index (χ4v) is 1.84. The highest BCUT2D eigenvalue weighted by Crippen LogP contribution is 2.17. The molecular weight excluding hydrogens is 240 g/mol. The molecule has 0 aliphatic heterocycles. The summed E-state index contributed by atoms with van der Waals surface area (Å²) in [7, 11) is 1.67. The van der Waals surface area contributed by atoms with Crippen molar-refractivity contribution >= 4 is 0 Å². The summed E-state index contributed by atoms with van der Waals surface area (Å²) < 4.78 is 10.7. The van der Waals surface area contributed by atoms with Gasteiger partial charge in [0.1, 0.15) is 11.5 Å². The topological polar surface area (TPSA) is 47.3 Å². The van der Waals surface area contributed by atoms with Crippen LogP contribution in [-0.4, -0.2) is 12.1 Å². The number of nitrogens with one attached hydrogen (secondary N) is 1. The number of ether oxygens (including phenoxy) is 1. The predicted molar refractivity (Wildman–Crippen MR) is 74.1 cm³/mol. The first kappa shape index (κ1) is 13.6. The van der Waals surface area contributed by atoms with Crippen molar-refractivity contribution in [3.8, 4) is 5.75 Å². The van der Waals surface area contributed by atoms with E-state index in [0.717, 1.165) is 23.8 Å². The molecule has 0 aliphatic rings. The Balaban J connectivity index is 1.90. The van der Waals surface area contributed by atoms with E-state index in [9.17, 15) is 0 Å². The minimum Gasteiger partial charge on any atom is -0.497 e. The van der Waals surface area contributed by atoms with Crippen LogP contribution in [0.15, 0.2) is 34.9 Å². The molecular formula is C15H20N2O2. The zero-order valence-corrected chi connectivity index (χ0v) is 11.6. The zero-order valence-electron chi connectivity index (χ0n) is 11.6. The van der Waals surface area contributed by atoms with Gasteiger partial charge in [0.25, 0.3) is 0 Å². The Hall–Kier alpha value is -1.81. The summed E-state index contributed by atoms with van der Waals surface area (Å²) in [5.74, 6) is 2.53. The largest absolute Gasteiger partial charge is 0.497 e. The second kappa shape index (κ2) is 6.38. The van der Waals surface area contributed by atoms with Crippen LogP contribution in [0.2, 0.25) is 0 Å². The number of methoxy groups -OCH3 is 1. The van der Waals surface area contributed by atoms with E-state index in [1.54, 1.807) is 13.3 Å². The highest BCUT2D eigenvalue weighted by atomic mass is 16.5. The number of hydrogen-bond donors (Lipinski definition) is 1. The third-order valence-electron chi connectivity index (χ3n) is 3.13. The van der Waals surface area contributed by atoms with E-state index < -0.39 is 0 Å². The third kappa shape index (κ3) is 3.58. The van der Waals surface area contributed by atoms with E-state index in [1.165, 1.54) is 5.56 Å². The lowest BCUT2D eigenvalue weighted by atomic mass is 10.1. The number of benzene rings is 1. The molecule has 1 N–H and O–H groups in total.